The molecule has 3 N–H and O–H groups in total. The first-order valence-corrected chi connectivity index (χ1v) is 7.31. The minimum absolute atomic E-state index is 0. The van der Waals surface area contributed by atoms with Crippen molar-refractivity contribution in [2.45, 2.75) is 18.6 Å². The number of aromatic nitrogens is 3. The topological polar surface area (TPSA) is 102 Å². The van der Waals surface area contributed by atoms with E-state index >= 15 is 0 Å². The van der Waals surface area contributed by atoms with Crippen LogP contribution in [0, 0.1) is 11.3 Å². The Hall–Kier alpha value is -2.14. The molecule has 0 saturated carbocycles. The lowest BCUT2D eigenvalue weighted by molar-refractivity contribution is -0.0657. The number of nitriles is 1. The van der Waals surface area contributed by atoms with Gasteiger partial charge in [0.2, 0.25) is 0 Å². The van der Waals surface area contributed by atoms with Gasteiger partial charge in [0.25, 0.3) is 0 Å². The van der Waals surface area contributed by atoms with Crippen molar-refractivity contribution < 1.29 is 4.74 Å². The summed E-state index contributed by atoms with van der Waals surface area (Å²) in [5.41, 5.74) is 8.47. The average Bonchev–Trinajstić information content (AvgIpc) is 3.16. The zero-order valence-corrected chi connectivity index (χ0v) is 13.3. The highest BCUT2D eigenvalue weighted by atomic mass is 35.5. The fraction of sp³-hybridized carbons (Fsp3) is 0.400. The summed E-state index contributed by atoms with van der Waals surface area (Å²) in [7, 11) is 0. The van der Waals surface area contributed by atoms with Gasteiger partial charge in [-0.05, 0) is 25.1 Å². The summed E-state index contributed by atoms with van der Waals surface area (Å²) >= 11 is 0. The largest absolute Gasteiger partial charge is 0.383 e. The van der Waals surface area contributed by atoms with E-state index < -0.39 is 0 Å². The first kappa shape index (κ1) is 15.7. The third-order valence-electron chi connectivity index (χ3n) is 4.38. The summed E-state index contributed by atoms with van der Waals surface area (Å²) in [5, 5.41) is 17.1. The first-order chi connectivity index (χ1) is 10.7. The molecule has 1 saturated heterocycles. The average molecular weight is 333 g/mol. The molecule has 0 radical (unpaired) electrons. The van der Waals surface area contributed by atoms with Gasteiger partial charge in [0, 0.05) is 18.3 Å². The van der Waals surface area contributed by atoms with E-state index in [9.17, 15) is 0 Å². The molecule has 1 atom stereocenters. The van der Waals surface area contributed by atoms with Crippen LogP contribution in [-0.2, 0) is 16.9 Å². The van der Waals surface area contributed by atoms with Gasteiger partial charge in [0.15, 0.2) is 0 Å². The molecule has 120 valence electrons. The third-order valence-corrected chi connectivity index (χ3v) is 4.38. The van der Waals surface area contributed by atoms with Gasteiger partial charge in [0.1, 0.15) is 17.5 Å². The van der Waals surface area contributed by atoms with E-state index in [2.05, 4.69) is 21.5 Å². The van der Waals surface area contributed by atoms with Crippen molar-refractivity contribution in [1.29, 1.82) is 5.26 Å². The Morgan fingerprint density at radius 3 is 3.04 bits per heavy atom. The standard InChI is InChI=1S/C15H16N6O.ClH/c16-7-10-5-11(8-19-14(10)17)12-6-13-15(1-2-18-9-15)22-4-3-21(13)20-12;/h5-6,8,18H,1-4,9H2,(H2,17,19);1H/t15-;/m0./s1. The van der Waals surface area contributed by atoms with E-state index in [4.69, 9.17) is 15.7 Å². The first-order valence-electron chi connectivity index (χ1n) is 7.31. The van der Waals surface area contributed by atoms with Gasteiger partial charge >= 0.3 is 0 Å². The highest BCUT2D eigenvalue weighted by Gasteiger charge is 2.42. The lowest BCUT2D eigenvalue weighted by atomic mass is 9.96. The van der Waals surface area contributed by atoms with Crippen LogP contribution in [0.1, 0.15) is 17.7 Å². The fourth-order valence-corrected chi connectivity index (χ4v) is 3.21. The van der Waals surface area contributed by atoms with Gasteiger partial charge < -0.3 is 15.8 Å². The molecule has 23 heavy (non-hydrogen) atoms. The van der Waals surface area contributed by atoms with Crippen molar-refractivity contribution in [3.05, 3.63) is 29.6 Å². The maximum absolute atomic E-state index is 9.10. The number of nitrogens with one attached hydrogen (secondary N) is 1. The molecule has 2 aliphatic rings. The van der Waals surface area contributed by atoms with Crippen molar-refractivity contribution >= 4 is 18.2 Å². The van der Waals surface area contributed by atoms with E-state index in [1.807, 2.05) is 10.7 Å². The second-order valence-corrected chi connectivity index (χ2v) is 5.68. The lowest BCUT2D eigenvalue weighted by Gasteiger charge is -2.33. The van der Waals surface area contributed by atoms with Crippen LogP contribution in [0.4, 0.5) is 5.82 Å². The van der Waals surface area contributed by atoms with Crippen LogP contribution in [0.3, 0.4) is 0 Å². The predicted molar refractivity (Wildman–Crippen MR) is 87.0 cm³/mol. The quantitative estimate of drug-likeness (QED) is 0.809. The van der Waals surface area contributed by atoms with Crippen LogP contribution >= 0.6 is 12.4 Å². The van der Waals surface area contributed by atoms with Crippen LogP contribution in [0.2, 0.25) is 0 Å². The number of hydrogen-bond donors (Lipinski definition) is 2. The SMILES string of the molecule is Cl.N#Cc1cc(-c2cc3n(n2)CCO[C@]32CCNC2)cnc1N. The number of ether oxygens (including phenoxy) is 1. The minimum atomic E-state index is -0.275. The third kappa shape index (κ3) is 2.45. The zero-order valence-electron chi connectivity index (χ0n) is 12.5. The highest BCUT2D eigenvalue weighted by Crippen LogP contribution is 2.37. The normalized spacial score (nSPS) is 22.4. The van der Waals surface area contributed by atoms with E-state index in [0.29, 0.717) is 12.2 Å². The van der Waals surface area contributed by atoms with Crippen LogP contribution in [-0.4, -0.2) is 34.5 Å². The van der Waals surface area contributed by atoms with Crippen LogP contribution in [0.5, 0.6) is 0 Å². The van der Waals surface area contributed by atoms with Crippen molar-refractivity contribution in [2.24, 2.45) is 0 Å². The molecule has 2 aromatic heterocycles. The van der Waals surface area contributed by atoms with Crippen molar-refractivity contribution in [2.75, 3.05) is 25.4 Å². The molecule has 0 amide bonds. The Morgan fingerprint density at radius 2 is 2.30 bits per heavy atom. The highest BCUT2D eigenvalue weighted by molar-refractivity contribution is 5.85. The molecule has 4 rings (SSSR count). The van der Waals surface area contributed by atoms with E-state index in [0.717, 1.165) is 43.0 Å². The van der Waals surface area contributed by atoms with Gasteiger partial charge in [-0.3, -0.25) is 4.68 Å². The lowest BCUT2D eigenvalue weighted by Crippen LogP contribution is -2.40. The van der Waals surface area contributed by atoms with Crippen LogP contribution in [0.15, 0.2) is 18.3 Å². The summed E-state index contributed by atoms with van der Waals surface area (Å²) < 4.78 is 8.06. The summed E-state index contributed by atoms with van der Waals surface area (Å²) in [6, 6.07) is 5.83. The maximum Gasteiger partial charge on any atom is 0.141 e. The Morgan fingerprint density at radius 1 is 1.43 bits per heavy atom. The minimum Gasteiger partial charge on any atom is -0.383 e. The Labute approximate surface area is 139 Å². The molecular weight excluding hydrogens is 316 g/mol. The molecule has 7 nitrogen and oxygen atoms in total. The molecule has 2 aliphatic heterocycles. The van der Waals surface area contributed by atoms with Crippen molar-refractivity contribution in [1.82, 2.24) is 20.1 Å². The molecule has 2 aromatic rings. The summed E-state index contributed by atoms with van der Waals surface area (Å²) in [6.45, 7) is 3.16. The van der Waals surface area contributed by atoms with Gasteiger partial charge in [0.05, 0.1) is 30.1 Å². The van der Waals surface area contributed by atoms with E-state index in [1.54, 1.807) is 12.3 Å². The van der Waals surface area contributed by atoms with Gasteiger partial charge in [-0.25, -0.2) is 4.98 Å². The Kier molecular flexibility index (Phi) is 3.98. The second-order valence-electron chi connectivity index (χ2n) is 5.68. The number of hydrogen-bond acceptors (Lipinski definition) is 6. The monoisotopic (exact) mass is 332 g/mol. The molecule has 0 aromatic carbocycles. The van der Waals surface area contributed by atoms with Crippen LogP contribution in [0.25, 0.3) is 11.3 Å². The second kappa shape index (κ2) is 5.81. The van der Waals surface area contributed by atoms with Crippen molar-refractivity contribution in [3.63, 3.8) is 0 Å². The molecule has 4 heterocycles. The van der Waals surface area contributed by atoms with Crippen molar-refractivity contribution in [3.8, 4) is 17.3 Å². The number of nitrogens with two attached hydrogens (primary N) is 1. The molecule has 0 unspecified atom stereocenters. The molecule has 1 fully saturated rings. The summed E-state index contributed by atoms with van der Waals surface area (Å²) in [4.78, 5) is 4.08. The van der Waals surface area contributed by atoms with Gasteiger partial charge in [-0.15, -0.1) is 12.4 Å². The van der Waals surface area contributed by atoms with Gasteiger partial charge in [-0.1, -0.05) is 0 Å². The van der Waals surface area contributed by atoms with Gasteiger partial charge in [-0.2, -0.15) is 10.4 Å². The molecule has 0 bridgehead atoms. The number of pyridine rings is 1. The Bertz CT molecular complexity index is 775. The Balaban J connectivity index is 0.00000156. The number of nitrogen functional groups attached to an aromatic ring is 1. The fourth-order valence-electron chi connectivity index (χ4n) is 3.21. The number of fused-ring (bicyclic) bond motifs is 2. The van der Waals surface area contributed by atoms with Crippen LogP contribution < -0.4 is 11.1 Å². The summed E-state index contributed by atoms with van der Waals surface area (Å²) in [6.07, 6.45) is 2.60. The van der Waals surface area contributed by atoms with E-state index in [1.165, 1.54) is 0 Å². The molecule has 1 spiro atoms. The molecular formula is C15H17ClN6O. The number of anilines is 1. The van der Waals surface area contributed by atoms with E-state index in [-0.39, 0.29) is 23.8 Å². The zero-order chi connectivity index (χ0) is 15.2. The molecule has 0 aliphatic carbocycles. The number of halogens is 1. The number of nitrogens with zero attached hydrogens (tertiary/aromatic N) is 4. The predicted octanol–water partition coefficient (Wildman–Crippen LogP) is 1.04. The molecule has 8 heteroatoms. The smallest absolute Gasteiger partial charge is 0.141 e. The summed E-state index contributed by atoms with van der Waals surface area (Å²) in [5.74, 6) is 0.245. The maximum atomic E-state index is 9.10. The number of rotatable bonds is 1.